The van der Waals surface area contributed by atoms with Crippen LogP contribution in [0.15, 0.2) is 24.3 Å². The lowest BCUT2D eigenvalue weighted by atomic mass is 10.1. The summed E-state index contributed by atoms with van der Waals surface area (Å²) in [6.07, 6.45) is 3.55. The van der Waals surface area contributed by atoms with E-state index >= 15 is 0 Å². The highest BCUT2D eigenvalue weighted by atomic mass is 16.3. The molecule has 0 aromatic heterocycles. The molecule has 0 spiro atoms. The van der Waals surface area contributed by atoms with Gasteiger partial charge in [-0.2, -0.15) is 5.26 Å². The number of aliphatic hydroxyl groups is 1. The number of amides is 2. The fourth-order valence-corrected chi connectivity index (χ4v) is 2.59. The maximum Gasteiger partial charge on any atom is 0.322 e. The quantitative estimate of drug-likeness (QED) is 0.884. The molecule has 5 nitrogen and oxygen atoms in total. The standard InChI is InChI=1S/C15H19N3O2/c16-11-12-4-1-5-13(10-12)17-15(20)18-8-2-6-14(18)7-3-9-19/h1,4-5,10,14,19H,2-3,6-9H2,(H,17,20). The van der Waals surface area contributed by atoms with E-state index in [9.17, 15) is 4.79 Å². The molecule has 2 N–H and O–H groups in total. The van der Waals surface area contributed by atoms with Gasteiger partial charge in [0.15, 0.2) is 0 Å². The molecule has 20 heavy (non-hydrogen) atoms. The Kier molecular flexibility index (Phi) is 4.97. The predicted molar refractivity (Wildman–Crippen MR) is 76.2 cm³/mol. The minimum Gasteiger partial charge on any atom is -0.396 e. The summed E-state index contributed by atoms with van der Waals surface area (Å²) in [6, 6.07) is 9.03. The zero-order valence-corrected chi connectivity index (χ0v) is 11.4. The largest absolute Gasteiger partial charge is 0.396 e. The summed E-state index contributed by atoms with van der Waals surface area (Å²) in [5.41, 5.74) is 1.17. The van der Waals surface area contributed by atoms with Crippen LogP contribution in [-0.2, 0) is 0 Å². The predicted octanol–water partition coefficient (Wildman–Crippen LogP) is 2.33. The van der Waals surface area contributed by atoms with Crippen LogP contribution in [0, 0.1) is 11.3 Å². The Morgan fingerprint density at radius 1 is 1.55 bits per heavy atom. The molecule has 106 valence electrons. The van der Waals surface area contributed by atoms with Gasteiger partial charge in [-0.15, -0.1) is 0 Å². The van der Waals surface area contributed by atoms with E-state index in [1.807, 2.05) is 4.90 Å². The molecular weight excluding hydrogens is 254 g/mol. The number of likely N-dealkylation sites (tertiary alicyclic amines) is 1. The fourth-order valence-electron chi connectivity index (χ4n) is 2.59. The Hall–Kier alpha value is -2.06. The number of benzene rings is 1. The van der Waals surface area contributed by atoms with Crippen LogP contribution >= 0.6 is 0 Å². The van der Waals surface area contributed by atoms with Crippen molar-refractivity contribution < 1.29 is 9.90 Å². The van der Waals surface area contributed by atoms with Gasteiger partial charge in [0, 0.05) is 24.9 Å². The molecule has 1 heterocycles. The van der Waals surface area contributed by atoms with E-state index in [-0.39, 0.29) is 18.7 Å². The smallest absolute Gasteiger partial charge is 0.322 e. The van der Waals surface area contributed by atoms with E-state index in [0.717, 1.165) is 32.2 Å². The zero-order valence-electron chi connectivity index (χ0n) is 11.4. The molecule has 0 radical (unpaired) electrons. The molecule has 1 aromatic carbocycles. The van der Waals surface area contributed by atoms with Crippen molar-refractivity contribution in [2.24, 2.45) is 0 Å². The molecule has 1 aromatic rings. The van der Waals surface area contributed by atoms with Crippen molar-refractivity contribution in [2.45, 2.75) is 31.7 Å². The Morgan fingerprint density at radius 3 is 3.15 bits per heavy atom. The fraction of sp³-hybridized carbons (Fsp3) is 0.467. The van der Waals surface area contributed by atoms with E-state index < -0.39 is 0 Å². The van der Waals surface area contributed by atoms with Crippen LogP contribution < -0.4 is 5.32 Å². The number of aliphatic hydroxyl groups excluding tert-OH is 1. The summed E-state index contributed by atoms with van der Waals surface area (Å²) < 4.78 is 0. The normalized spacial score (nSPS) is 17.8. The van der Waals surface area contributed by atoms with Gasteiger partial charge in [-0.05, 0) is 43.9 Å². The number of hydrogen-bond donors (Lipinski definition) is 2. The van der Waals surface area contributed by atoms with Crippen LogP contribution in [0.25, 0.3) is 0 Å². The summed E-state index contributed by atoms with van der Waals surface area (Å²) in [5, 5.41) is 20.6. The van der Waals surface area contributed by atoms with Gasteiger partial charge in [0.2, 0.25) is 0 Å². The molecule has 1 unspecified atom stereocenters. The Morgan fingerprint density at radius 2 is 2.40 bits per heavy atom. The number of carbonyl (C=O) groups is 1. The van der Waals surface area contributed by atoms with E-state index in [1.54, 1.807) is 24.3 Å². The molecule has 0 aliphatic carbocycles. The maximum atomic E-state index is 12.3. The Bertz CT molecular complexity index is 510. The Balaban J connectivity index is 1.98. The molecule has 1 fully saturated rings. The van der Waals surface area contributed by atoms with Crippen molar-refractivity contribution in [3.8, 4) is 6.07 Å². The minimum atomic E-state index is -0.125. The van der Waals surface area contributed by atoms with Gasteiger partial charge in [0.1, 0.15) is 0 Å². The van der Waals surface area contributed by atoms with E-state index in [2.05, 4.69) is 11.4 Å². The summed E-state index contributed by atoms with van der Waals surface area (Å²) in [7, 11) is 0. The first-order valence-corrected chi connectivity index (χ1v) is 6.93. The summed E-state index contributed by atoms with van der Waals surface area (Å²) in [4.78, 5) is 14.1. The van der Waals surface area contributed by atoms with E-state index in [1.165, 1.54) is 0 Å². The second-order valence-corrected chi connectivity index (χ2v) is 4.98. The van der Waals surface area contributed by atoms with Crippen molar-refractivity contribution in [3.63, 3.8) is 0 Å². The van der Waals surface area contributed by atoms with E-state index in [0.29, 0.717) is 11.3 Å². The zero-order chi connectivity index (χ0) is 14.4. The topological polar surface area (TPSA) is 76.4 Å². The van der Waals surface area contributed by atoms with Crippen LogP contribution in [0.1, 0.15) is 31.2 Å². The second-order valence-electron chi connectivity index (χ2n) is 4.98. The number of nitriles is 1. The molecule has 5 heteroatoms. The lowest BCUT2D eigenvalue weighted by molar-refractivity contribution is 0.197. The van der Waals surface area contributed by atoms with Crippen LogP contribution in [0.2, 0.25) is 0 Å². The third-order valence-electron chi connectivity index (χ3n) is 3.58. The Labute approximate surface area is 118 Å². The molecule has 0 saturated carbocycles. The third kappa shape index (κ3) is 3.49. The van der Waals surface area contributed by atoms with Crippen molar-refractivity contribution >= 4 is 11.7 Å². The molecule has 2 amide bonds. The molecule has 1 atom stereocenters. The highest BCUT2D eigenvalue weighted by Gasteiger charge is 2.28. The number of nitrogens with one attached hydrogen (secondary N) is 1. The summed E-state index contributed by atoms with van der Waals surface area (Å²) >= 11 is 0. The average molecular weight is 273 g/mol. The van der Waals surface area contributed by atoms with Crippen molar-refractivity contribution in [3.05, 3.63) is 29.8 Å². The van der Waals surface area contributed by atoms with Gasteiger partial charge in [0.05, 0.1) is 11.6 Å². The van der Waals surface area contributed by atoms with Gasteiger partial charge < -0.3 is 15.3 Å². The number of nitrogens with zero attached hydrogens (tertiary/aromatic N) is 2. The van der Waals surface area contributed by atoms with Crippen LogP contribution in [0.5, 0.6) is 0 Å². The summed E-state index contributed by atoms with van der Waals surface area (Å²) in [6.45, 7) is 0.913. The van der Waals surface area contributed by atoms with Crippen molar-refractivity contribution in [1.29, 1.82) is 5.26 Å². The van der Waals surface area contributed by atoms with Gasteiger partial charge in [-0.1, -0.05) is 6.07 Å². The lowest BCUT2D eigenvalue weighted by Crippen LogP contribution is -2.38. The maximum absolute atomic E-state index is 12.3. The molecular formula is C15H19N3O2. The number of anilines is 1. The molecule has 1 aliphatic heterocycles. The number of carbonyl (C=O) groups excluding carboxylic acids is 1. The molecule has 1 saturated heterocycles. The van der Waals surface area contributed by atoms with Crippen LogP contribution in [0.4, 0.5) is 10.5 Å². The van der Waals surface area contributed by atoms with Crippen molar-refractivity contribution in [1.82, 2.24) is 4.90 Å². The van der Waals surface area contributed by atoms with Crippen LogP contribution in [-0.4, -0.2) is 35.2 Å². The highest BCUT2D eigenvalue weighted by Crippen LogP contribution is 2.22. The second kappa shape index (κ2) is 6.92. The molecule has 2 rings (SSSR count). The van der Waals surface area contributed by atoms with E-state index in [4.69, 9.17) is 10.4 Å². The highest BCUT2D eigenvalue weighted by molar-refractivity contribution is 5.89. The number of urea groups is 1. The third-order valence-corrected chi connectivity index (χ3v) is 3.58. The summed E-state index contributed by atoms with van der Waals surface area (Å²) in [5.74, 6) is 0. The van der Waals surface area contributed by atoms with Crippen molar-refractivity contribution in [2.75, 3.05) is 18.5 Å². The lowest BCUT2D eigenvalue weighted by Gasteiger charge is -2.24. The van der Waals surface area contributed by atoms with Gasteiger partial charge in [0.25, 0.3) is 0 Å². The SMILES string of the molecule is N#Cc1cccc(NC(=O)N2CCCC2CCCO)c1. The minimum absolute atomic E-state index is 0.125. The number of hydrogen-bond acceptors (Lipinski definition) is 3. The first-order chi connectivity index (χ1) is 9.74. The van der Waals surface area contributed by atoms with Gasteiger partial charge in [-0.25, -0.2) is 4.79 Å². The molecule has 1 aliphatic rings. The monoisotopic (exact) mass is 273 g/mol. The van der Waals surface area contributed by atoms with Crippen LogP contribution in [0.3, 0.4) is 0 Å². The average Bonchev–Trinajstić information content (AvgIpc) is 2.93. The van der Waals surface area contributed by atoms with Gasteiger partial charge >= 0.3 is 6.03 Å². The first-order valence-electron chi connectivity index (χ1n) is 6.93. The number of rotatable bonds is 4. The molecule has 0 bridgehead atoms. The first kappa shape index (κ1) is 14.4. The van der Waals surface area contributed by atoms with Gasteiger partial charge in [-0.3, -0.25) is 0 Å².